The number of amides is 1. The van der Waals surface area contributed by atoms with Crippen LogP contribution in [0.5, 0.6) is 0 Å². The second-order valence-corrected chi connectivity index (χ2v) is 6.67. The summed E-state index contributed by atoms with van der Waals surface area (Å²) in [5.74, 6) is 0.784. The average molecular weight is 305 g/mol. The number of ether oxygens (including phenoxy) is 1. The lowest BCUT2D eigenvalue weighted by molar-refractivity contribution is 0.0214. The van der Waals surface area contributed by atoms with Gasteiger partial charge in [-0.15, -0.1) is 15.1 Å². The van der Waals surface area contributed by atoms with Gasteiger partial charge in [0.25, 0.3) is 0 Å². The van der Waals surface area contributed by atoms with Gasteiger partial charge < -0.3 is 14.5 Å². The van der Waals surface area contributed by atoms with Crippen molar-refractivity contribution in [2.24, 2.45) is 5.18 Å². The highest BCUT2D eigenvalue weighted by molar-refractivity contribution is 5.70. The molecule has 118 valence electrons. The molecule has 0 radical (unpaired) electrons. The van der Waals surface area contributed by atoms with Crippen LogP contribution in [0.3, 0.4) is 0 Å². The topological polar surface area (TPSA) is 88.0 Å². The van der Waals surface area contributed by atoms with Crippen molar-refractivity contribution in [3.63, 3.8) is 0 Å². The standard InChI is InChI=1S/C14H19N5O3/c1-14(2,3)22-13(20)19-8-9-6-10(19)7-18(9)12-5-4-11(17-21)15-16-12/h4-5,9-10H,6-8H2,1-3H3/t9-,10-/m0/s1. The van der Waals surface area contributed by atoms with Crippen molar-refractivity contribution < 1.29 is 9.53 Å². The number of nitrogens with zero attached hydrogens (tertiary/aromatic N) is 5. The second kappa shape index (κ2) is 5.19. The molecule has 22 heavy (non-hydrogen) atoms. The molecule has 2 aliphatic rings. The zero-order valence-electron chi connectivity index (χ0n) is 12.9. The molecule has 2 atom stereocenters. The second-order valence-electron chi connectivity index (χ2n) is 6.67. The molecule has 1 aromatic rings. The fourth-order valence-electron chi connectivity index (χ4n) is 3.01. The third-order valence-corrected chi connectivity index (χ3v) is 3.89. The number of likely N-dealkylation sites (tertiary alicyclic amines) is 1. The van der Waals surface area contributed by atoms with Crippen LogP contribution >= 0.6 is 0 Å². The molecule has 2 fully saturated rings. The van der Waals surface area contributed by atoms with Crippen LogP contribution in [-0.2, 0) is 4.74 Å². The van der Waals surface area contributed by atoms with Crippen molar-refractivity contribution in [2.45, 2.75) is 44.9 Å². The van der Waals surface area contributed by atoms with E-state index < -0.39 is 5.60 Å². The van der Waals surface area contributed by atoms with Crippen LogP contribution in [0.25, 0.3) is 0 Å². The first-order valence-corrected chi connectivity index (χ1v) is 7.31. The molecule has 0 aromatic carbocycles. The van der Waals surface area contributed by atoms with Gasteiger partial charge >= 0.3 is 6.09 Å². The molecule has 0 aliphatic carbocycles. The van der Waals surface area contributed by atoms with E-state index in [1.807, 2.05) is 20.8 Å². The summed E-state index contributed by atoms with van der Waals surface area (Å²) in [5, 5.41) is 10.5. The smallest absolute Gasteiger partial charge is 0.410 e. The molecular weight excluding hydrogens is 286 g/mol. The summed E-state index contributed by atoms with van der Waals surface area (Å²) >= 11 is 0. The normalized spacial score (nSPS) is 23.8. The van der Waals surface area contributed by atoms with Gasteiger partial charge in [0.15, 0.2) is 5.82 Å². The summed E-state index contributed by atoms with van der Waals surface area (Å²) in [4.78, 5) is 26.5. The monoisotopic (exact) mass is 305 g/mol. The quantitative estimate of drug-likeness (QED) is 0.777. The minimum Gasteiger partial charge on any atom is -0.444 e. The minimum absolute atomic E-state index is 0.0727. The number of carbonyl (C=O) groups is 1. The Morgan fingerprint density at radius 2 is 2.05 bits per heavy atom. The Morgan fingerprint density at radius 3 is 2.55 bits per heavy atom. The van der Waals surface area contributed by atoms with Crippen LogP contribution < -0.4 is 4.90 Å². The third kappa shape index (κ3) is 2.72. The highest BCUT2D eigenvalue weighted by atomic mass is 16.6. The summed E-state index contributed by atoms with van der Waals surface area (Å²) in [6.45, 7) is 6.92. The van der Waals surface area contributed by atoms with Gasteiger partial charge in [0.1, 0.15) is 5.60 Å². The van der Waals surface area contributed by atoms with Gasteiger partial charge in [-0.1, -0.05) is 0 Å². The van der Waals surface area contributed by atoms with Gasteiger partial charge in [-0.3, -0.25) is 0 Å². The maximum atomic E-state index is 12.2. The number of anilines is 1. The lowest BCUT2D eigenvalue weighted by Gasteiger charge is -2.35. The van der Waals surface area contributed by atoms with E-state index in [0.29, 0.717) is 18.9 Å². The van der Waals surface area contributed by atoms with Gasteiger partial charge in [-0.05, 0) is 44.5 Å². The number of carbonyl (C=O) groups excluding carboxylic acids is 1. The van der Waals surface area contributed by atoms with Crippen molar-refractivity contribution >= 4 is 17.7 Å². The SMILES string of the molecule is CC(C)(C)OC(=O)N1C[C@@H]2C[C@H]1CN2c1ccc(N=O)nn1. The van der Waals surface area contributed by atoms with E-state index in [-0.39, 0.29) is 24.0 Å². The number of rotatable bonds is 2. The van der Waals surface area contributed by atoms with Gasteiger partial charge in [-0.2, -0.15) is 0 Å². The number of fused-ring (bicyclic) bond motifs is 2. The average Bonchev–Trinajstić information content (AvgIpc) is 3.05. The summed E-state index contributed by atoms with van der Waals surface area (Å²) in [6.07, 6.45) is 0.639. The number of hydrogen-bond donors (Lipinski definition) is 0. The van der Waals surface area contributed by atoms with Gasteiger partial charge in [0.2, 0.25) is 5.82 Å². The molecule has 0 N–H and O–H groups in total. The molecule has 8 nitrogen and oxygen atoms in total. The number of nitroso groups, excluding NO2 is 1. The van der Waals surface area contributed by atoms with E-state index in [1.165, 1.54) is 0 Å². The molecule has 2 aliphatic heterocycles. The summed E-state index contributed by atoms with van der Waals surface area (Å²) < 4.78 is 5.44. The Labute approximate surface area is 128 Å². The van der Waals surface area contributed by atoms with E-state index in [4.69, 9.17) is 4.74 Å². The van der Waals surface area contributed by atoms with Gasteiger partial charge in [-0.25, -0.2) is 4.79 Å². The molecular formula is C14H19N5O3. The van der Waals surface area contributed by atoms with E-state index in [0.717, 1.165) is 6.42 Å². The number of hydrogen-bond acceptors (Lipinski definition) is 7. The van der Waals surface area contributed by atoms with E-state index >= 15 is 0 Å². The molecule has 0 spiro atoms. The molecule has 3 rings (SSSR count). The number of aromatic nitrogens is 2. The van der Waals surface area contributed by atoms with E-state index in [9.17, 15) is 9.70 Å². The first-order valence-electron chi connectivity index (χ1n) is 7.31. The highest BCUT2D eigenvalue weighted by Crippen LogP contribution is 2.34. The fourth-order valence-corrected chi connectivity index (χ4v) is 3.01. The van der Waals surface area contributed by atoms with Crippen LogP contribution in [-0.4, -0.2) is 52.0 Å². The predicted molar refractivity (Wildman–Crippen MR) is 80.0 cm³/mol. The zero-order valence-corrected chi connectivity index (χ0v) is 12.9. The summed E-state index contributed by atoms with van der Waals surface area (Å²) in [6, 6.07) is 3.63. The van der Waals surface area contributed by atoms with Crippen molar-refractivity contribution in [2.75, 3.05) is 18.0 Å². The Balaban J connectivity index is 1.66. The maximum absolute atomic E-state index is 12.2. The Bertz CT molecular complexity index is 583. The van der Waals surface area contributed by atoms with Crippen LogP contribution in [0.15, 0.2) is 17.3 Å². The van der Waals surface area contributed by atoms with Crippen molar-refractivity contribution in [1.82, 2.24) is 15.1 Å². The Hall–Kier alpha value is -2.25. The molecule has 1 amide bonds. The summed E-state index contributed by atoms with van der Waals surface area (Å²) in [5.41, 5.74) is -0.484. The highest BCUT2D eigenvalue weighted by Gasteiger charge is 2.47. The molecule has 1 aromatic heterocycles. The third-order valence-electron chi connectivity index (χ3n) is 3.89. The molecule has 2 saturated heterocycles. The summed E-state index contributed by atoms with van der Waals surface area (Å²) in [7, 11) is 0. The van der Waals surface area contributed by atoms with Crippen LogP contribution in [0.1, 0.15) is 27.2 Å². The Kier molecular flexibility index (Phi) is 3.46. The van der Waals surface area contributed by atoms with Gasteiger partial charge in [0, 0.05) is 13.1 Å². The van der Waals surface area contributed by atoms with Crippen LogP contribution in [0.4, 0.5) is 16.4 Å². The molecule has 0 unspecified atom stereocenters. The van der Waals surface area contributed by atoms with Crippen LogP contribution in [0, 0.1) is 4.91 Å². The fraction of sp³-hybridized carbons (Fsp3) is 0.643. The molecule has 0 saturated carbocycles. The molecule has 2 bridgehead atoms. The van der Waals surface area contributed by atoms with E-state index in [1.54, 1.807) is 17.0 Å². The lowest BCUT2D eigenvalue weighted by Crippen LogP contribution is -2.50. The van der Waals surface area contributed by atoms with Crippen molar-refractivity contribution in [1.29, 1.82) is 0 Å². The minimum atomic E-state index is -0.484. The largest absolute Gasteiger partial charge is 0.444 e. The zero-order chi connectivity index (χ0) is 15.9. The number of piperazine rings is 1. The molecule has 8 heteroatoms. The van der Waals surface area contributed by atoms with Gasteiger partial charge in [0.05, 0.1) is 12.1 Å². The lowest BCUT2D eigenvalue weighted by atomic mass is 10.2. The molecule has 3 heterocycles. The maximum Gasteiger partial charge on any atom is 0.410 e. The van der Waals surface area contributed by atoms with Crippen molar-refractivity contribution in [3.05, 3.63) is 17.0 Å². The van der Waals surface area contributed by atoms with Crippen LogP contribution in [0.2, 0.25) is 0 Å². The van der Waals surface area contributed by atoms with Crippen molar-refractivity contribution in [3.8, 4) is 0 Å². The first-order chi connectivity index (χ1) is 10.4. The predicted octanol–water partition coefficient (Wildman–Crippen LogP) is 2.07. The van der Waals surface area contributed by atoms with E-state index in [2.05, 4.69) is 20.3 Å². The first kappa shape index (κ1) is 14.7. The Morgan fingerprint density at radius 1 is 1.27 bits per heavy atom.